The third-order valence-corrected chi connectivity index (χ3v) is 5.09. The molecule has 4 rings (SSSR count). The molecule has 4 aromatic rings. The Labute approximate surface area is 166 Å². The average Bonchev–Trinajstić information content (AvgIpc) is 2.77. The monoisotopic (exact) mass is 368 g/mol. The molecule has 3 nitrogen and oxygen atoms in total. The molecule has 0 saturated heterocycles. The summed E-state index contributed by atoms with van der Waals surface area (Å²) >= 11 is 0. The number of pyridine rings is 1. The van der Waals surface area contributed by atoms with Crippen molar-refractivity contribution in [1.29, 1.82) is 0 Å². The summed E-state index contributed by atoms with van der Waals surface area (Å²) in [6.45, 7) is 2.98. The second kappa shape index (κ2) is 8.24. The molecule has 28 heavy (non-hydrogen) atoms. The third-order valence-electron chi connectivity index (χ3n) is 5.09. The number of aromatic nitrogens is 1. The first-order valence-corrected chi connectivity index (χ1v) is 9.55. The zero-order valence-corrected chi connectivity index (χ0v) is 16.2. The van der Waals surface area contributed by atoms with E-state index in [0.29, 0.717) is 6.04 Å². The molecule has 0 aliphatic heterocycles. The largest absolute Gasteiger partial charge is 0.496 e. The van der Waals surface area contributed by atoms with Crippen molar-refractivity contribution in [3.63, 3.8) is 0 Å². The maximum atomic E-state index is 5.63. The molecule has 0 spiro atoms. The normalized spacial score (nSPS) is 12.1. The van der Waals surface area contributed by atoms with Crippen LogP contribution in [0, 0.1) is 0 Å². The van der Waals surface area contributed by atoms with E-state index in [1.165, 1.54) is 11.1 Å². The van der Waals surface area contributed by atoms with Gasteiger partial charge in [-0.3, -0.25) is 4.98 Å². The number of nitrogens with one attached hydrogen (secondary N) is 1. The van der Waals surface area contributed by atoms with E-state index in [4.69, 9.17) is 4.74 Å². The van der Waals surface area contributed by atoms with Gasteiger partial charge in [-0.05, 0) is 53.9 Å². The highest BCUT2D eigenvalue weighted by Crippen LogP contribution is 2.32. The van der Waals surface area contributed by atoms with Crippen molar-refractivity contribution in [3.05, 3.63) is 96.2 Å². The summed E-state index contributed by atoms with van der Waals surface area (Å²) < 4.78 is 5.63. The predicted octanol–water partition coefficient (Wildman–Crippen LogP) is 5.76. The molecule has 1 unspecified atom stereocenters. The van der Waals surface area contributed by atoms with Crippen LogP contribution in [-0.2, 0) is 6.54 Å². The van der Waals surface area contributed by atoms with E-state index >= 15 is 0 Å². The van der Waals surface area contributed by atoms with Gasteiger partial charge in [-0.2, -0.15) is 0 Å². The van der Waals surface area contributed by atoms with Crippen LogP contribution in [0.25, 0.3) is 22.0 Å². The van der Waals surface area contributed by atoms with Crippen LogP contribution in [0.2, 0.25) is 0 Å². The van der Waals surface area contributed by atoms with Gasteiger partial charge in [-0.25, -0.2) is 0 Å². The van der Waals surface area contributed by atoms with Crippen LogP contribution in [0.4, 0.5) is 0 Å². The van der Waals surface area contributed by atoms with Crippen LogP contribution in [0.3, 0.4) is 0 Å². The Hall–Kier alpha value is -3.17. The molecular formula is C25H24N2O. The highest BCUT2D eigenvalue weighted by molar-refractivity contribution is 5.85. The fourth-order valence-corrected chi connectivity index (χ4v) is 3.46. The van der Waals surface area contributed by atoms with Gasteiger partial charge in [-0.15, -0.1) is 0 Å². The van der Waals surface area contributed by atoms with Crippen molar-refractivity contribution >= 4 is 10.9 Å². The van der Waals surface area contributed by atoms with Gasteiger partial charge in [0.2, 0.25) is 0 Å². The minimum Gasteiger partial charge on any atom is -0.496 e. The lowest BCUT2D eigenvalue weighted by molar-refractivity contribution is 0.416. The zero-order chi connectivity index (χ0) is 19.3. The SMILES string of the molecule is COc1ccc(CNC(C)c2ccccc2)cc1-c1ccc2ncccc2c1. The van der Waals surface area contributed by atoms with Crippen molar-refractivity contribution in [2.45, 2.75) is 19.5 Å². The van der Waals surface area contributed by atoms with Gasteiger partial charge in [0, 0.05) is 29.7 Å². The summed E-state index contributed by atoms with van der Waals surface area (Å²) in [5, 5.41) is 4.74. The molecule has 0 amide bonds. The van der Waals surface area contributed by atoms with Gasteiger partial charge in [0.25, 0.3) is 0 Å². The van der Waals surface area contributed by atoms with Crippen molar-refractivity contribution in [1.82, 2.24) is 10.3 Å². The van der Waals surface area contributed by atoms with E-state index in [2.05, 4.69) is 77.9 Å². The summed E-state index contributed by atoms with van der Waals surface area (Å²) in [4.78, 5) is 4.41. The van der Waals surface area contributed by atoms with Gasteiger partial charge < -0.3 is 10.1 Å². The molecule has 1 heterocycles. The molecule has 0 fully saturated rings. The Morgan fingerprint density at radius 3 is 2.61 bits per heavy atom. The third kappa shape index (κ3) is 3.90. The van der Waals surface area contributed by atoms with Gasteiger partial charge >= 0.3 is 0 Å². The van der Waals surface area contributed by atoms with Crippen molar-refractivity contribution < 1.29 is 4.74 Å². The number of methoxy groups -OCH3 is 1. The molecular weight excluding hydrogens is 344 g/mol. The Balaban J connectivity index is 1.60. The summed E-state index contributed by atoms with van der Waals surface area (Å²) in [6.07, 6.45) is 1.82. The highest BCUT2D eigenvalue weighted by Gasteiger charge is 2.10. The number of nitrogens with zero attached hydrogens (tertiary/aromatic N) is 1. The summed E-state index contributed by atoms with van der Waals surface area (Å²) in [6, 6.07) is 27.6. The minimum atomic E-state index is 0.290. The Morgan fingerprint density at radius 1 is 0.929 bits per heavy atom. The number of rotatable bonds is 6. The molecule has 0 radical (unpaired) electrons. The topological polar surface area (TPSA) is 34.1 Å². The van der Waals surface area contributed by atoms with Crippen LogP contribution in [0.15, 0.2) is 85.1 Å². The summed E-state index contributed by atoms with van der Waals surface area (Å²) in [5.41, 5.74) is 5.75. The molecule has 0 aliphatic rings. The van der Waals surface area contributed by atoms with E-state index in [1.54, 1.807) is 7.11 Å². The lowest BCUT2D eigenvalue weighted by Crippen LogP contribution is -2.18. The van der Waals surface area contributed by atoms with Crippen LogP contribution in [-0.4, -0.2) is 12.1 Å². The summed E-state index contributed by atoms with van der Waals surface area (Å²) in [5.74, 6) is 0.878. The van der Waals surface area contributed by atoms with Gasteiger partial charge in [-0.1, -0.05) is 48.5 Å². The molecule has 3 heteroatoms. The fourth-order valence-electron chi connectivity index (χ4n) is 3.46. The number of ether oxygens (including phenoxy) is 1. The van der Waals surface area contributed by atoms with Gasteiger partial charge in [0.1, 0.15) is 5.75 Å². The van der Waals surface area contributed by atoms with Crippen molar-refractivity contribution in [2.24, 2.45) is 0 Å². The average molecular weight is 368 g/mol. The first-order chi connectivity index (χ1) is 13.7. The predicted molar refractivity (Wildman–Crippen MR) is 115 cm³/mol. The number of hydrogen-bond acceptors (Lipinski definition) is 3. The number of fused-ring (bicyclic) bond motifs is 1. The molecule has 0 bridgehead atoms. The van der Waals surface area contributed by atoms with Gasteiger partial charge in [0.05, 0.1) is 12.6 Å². The minimum absolute atomic E-state index is 0.290. The quantitative estimate of drug-likeness (QED) is 0.470. The van der Waals surface area contributed by atoms with Crippen LogP contribution in [0.5, 0.6) is 5.75 Å². The number of benzene rings is 3. The lowest BCUT2D eigenvalue weighted by atomic mass is 9.99. The molecule has 3 aromatic carbocycles. The van der Waals surface area contributed by atoms with Crippen LogP contribution in [0.1, 0.15) is 24.1 Å². The molecule has 1 N–H and O–H groups in total. The van der Waals surface area contributed by atoms with E-state index in [-0.39, 0.29) is 0 Å². The highest BCUT2D eigenvalue weighted by atomic mass is 16.5. The van der Waals surface area contributed by atoms with Crippen molar-refractivity contribution in [3.8, 4) is 16.9 Å². The first kappa shape index (κ1) is 18.2. The maximum Gasteiger partial charge on any atom is 0.126 e. The first-order valence-electron chi connectivity index (χ1n) is 9.55. The number of hydrogen-bond donors (Lipinski definition) is 1. The van der Waals surface area contributed by atoms with Crippen molar-refractivity contribution in [2.75, 3.05) is 7.11 Å². The van der Waals surface area contributed by atoms with Gasteiger partial charge in [0.15, 0.2) is 0 Å². The van der Waals surface area contributed by atoms with E-state index < -0.39 is 0 Å². The second-order valence-corrected chi connectivity index (χ2v) is 6.96. The second-order valence-electron chi connectivity index (χ2n) is 6.96. The maximum absolute atomic E-state index is 5.63. The van der Waals surface area contributed by atoms with Crippen LogP contribution < -0.4 is 10.1 Å². The fraction of sp³-hybridized carbons (Fsp3) is 0.160. The lowest BCUT2D eigenvalue weighted by Gasteiger charge is -2.16. The summed E-state index contributed by atoms with van der Waals surface area (Å²) in [7, 11) is 1.72. The van der Waals surface area contributed by atoms with E-state index in [9.17, 15) is 0 Å². The molecule has 140 valence electrons. The van der Waals surface area contributed by atoms with E-state index in [0.717, 1.165) is 34.3 Å². The molecule has 1 aromatic heterocycles. The van der Waals surface area contributed by atoms with E-state index in [1.807, 2.05) is 24.4 Å². The van der Waals surface area contributed by atoms with Crippen LogP contribution >= 0.6 is 0 Å². The standard InChI is InChI=1S/C25H24N2O/c1-18(20-7-4-3-5-8-20)27-17-19-10-13-25(28-2)23(15-19)21-11-12-24-22(16-21)9-6-14-26-24/h3-16,18,27H,17H2,1-2H3. The molecule has 1 atom stereocenters. The zero-order valence-electron chi connectivity index (χ0n) is 16.2. The molecule has 0 aliphatic carbocycles. The smallest absolute Gasteiger partial charge is 0.126 e. The Bertz CT molecular complexity index is 1080. The Morgan fingerprint density at radius 2 is 1.79 bits per heavy atom. The molecule has 0 saturated carbocycles. The Kier molecular flexibility index (Phi) is 5.36.